The van der Waals surface area contributed by atoms with Gasteiger partial charge < -0.3 is 4.90 Å². The van der Waals surface area contributed by atoms with Crippen LogP contribution in [0.15, 0.2) is 0 Å². The van der Waals surface area contributed by atoms with Crippen molar-refractivity contribution < 1.29 is 4.79 Å². The minimum atomic E-state index is 0.309. The molecule has 4 heteroatoms. The molecular weight excluding hydrogens is 244 g/mol. The molecule has 0 radical (unpaired) electrons. The third-order valence-corrected chi connectivity index (χ3v) is 5.32. The predicted molar refractivity (Wildman–Crippen MR) is 74.6 cm³/mol. The molecule has 0 amide bonds. The number of hydrogen-bond donors (Lipinski definition) is 0. The largest absolute Gasteiger partial charge is 0.348 e. The average Bonchev–Trinajstić information content (AvgIpc) is 2.84. The molecule has 0 aromatic carbocycles. The molecule has 1 aliphatic heterocycles. The van der Waals surface area contributed by atoms with E-state index in [1.54, 1.807) is 11.3 Å². The molecule has 1 unspecified atom stereocenters. The molecule has 0 N–H and O–H groups in total. The van der Waals surface area contributed by atoms with Crippen LogP contribution in [0.3, 0.4) is 0 Å². The maximum atomic E-state index is 11.9. The van der Waals surface area contributed by atoms with Crippen molar-refractivity contribution >= 4 is 22.3 Å². The molecule has 1 atom stereocenters. The van der Waals surface area contributed by atoms with Crippen LogP contribution < -0.4 is 4.90 Å². The average molecular weight is 264 g/mol. The van der Waals surface area contributed by atoms with Gasteiger partial charge in [-0.1, -0.05) is 24.7 Å². The number of carbonyl (C=O) groups excluding carboxylic acids is 1. The van der Waals surface area contributed by atoms with E-state index >= 15 is 0 Å². The van der Waals surface area contributed by atoms with Crippen molar-refractivity contribution in [2.45, 2.75) is 45.4 Å². The zero-order chi connectivity index (χ0) is 12.5. The standard InChI is InChI=1S/C14H20N2OS/c1-2-10-5-4-8-16(9-10)14-15-11-6-3-7-12(17)13(11)18-14/h10H,2-9H2,1H3. The summed E-state index contributed by atoms with van der Waals surface area (Å²) in [6.07, 6.45) is 6.54. The maximum absolute atomic E-state index is 11.9. The molecule has 1 aromatic heterocycles. The minimum absolute atomic E-state index is 0.309. The first-order chi connectivity index (χ1) is 8.78. The van der Waals surface area contributed by atoms with E-state index in [1.807, 2.05) is 0 Å². The van der Waals surface area contributed by atoms with Gasteiger partial charge in [-0.05, 0) is 31.6 Å². The number of rotatable bonds is 2. The van der Waals surface area contributed by atoms with Crippen molar-refractivity contribution in [3.8, 4) is 0 Å². The smallest absolute Gasteiger partial charge is 0.186 e. The van der Waals surface area contributed by atoms with Crippen LogP contribution in [0.4, 0.5) is 5.13 Å². The number of nitrogens with zero attached hydrogens (tertiary/aromatic N) is 2. The van der Waals surface area contributed by atoms with Gasteiger partial charge in [-0.2, -0.15) is 0 Å². The molecule has 1 fully saturated rings. The Hall–Kier alpha value is -0.900. The zero-order valence-electron chi connectivity index (χ0n) is 10.9. The van der Waals surface area contributed by atoms with Gasteiger partial charge in [0.1, 0.15) is 0 Å². The Kier molecular flexibility index (Phi) is 3.37. The number of aromatic nitrogens is 1. The lowest BCUT2D eigenvalue weighted by Gasteiger charge is -2.31. The Morgan fingerprint density at radius 3 is 3.06 bits per heavy atom. The summed E-state index contributed by atoms with van der Waals surface area (Å²) in [5, 5.41) is 1.09. The highest BCUT2D eigenvalue weighted by Crippen LogP contribution is 2.34. The summed E-state index contributed by atoms with van der Waals surface area (Å²) in [6.45, 7) is 4.50. The number of Topliss-reactive ketones (excluding diaryl/α,β-unsaturated/α-hetero) is 1. The van der Waals surface area contributed by atoms with E-state index in [4.69, 9.17) is 4.98 Å². The number of ketones is 1. The van der Waals surface area contributed by atoms with Crippen molar-refractivity contribution in [3.05, 3.63) is 10.6 Å². The van der Waals surface area contributed by atoms with Crippen molar-refractivity contribution in [2.24, 2.45) is 5.92 Å². The lowest BCUT2D eigenvalue weighted by atomic mass is 9.96. The first-order valence-corrected chi connectivity index (χ1v) is 7.87. The molecule has 0 bridgehead atoms. The Morgan fingerprint density at radius 2 is 2.28 bits per heavy atom. The summed E-state index contributed by atoms with van der Waals surface area (Å²) in [5.74, 6) is 1.11. The molecule has 2 aliphatic rings. The summed E-state index contributed by atoms with van der Waals surface area (Å²) >= 11 is 1.63. The van der Waals surface area contributed by atoms with Gasteiger partial charge in [0.2, 0.25) is 0 Å². The van der Waals surface area contributed by atoms with Crippen LogP contribution in [0.5, 0.6) is 0 Å². The van der Waals surface area contributed by atoms with Gasteiger partial charge in [0, 0.05) is 19.5 Å². The van der Waals surface area contributed by atoms with Crippen molar-refractivity contribution in [3.63, 3.8) is 0 Å². The van der Waals surface area contributed by atoms with E-state index in [-0.39, 0.29) is 0 Å². The number of piperidine rings is 1. The van der Waals surface area contributed by atoms with Crippen LogP contribution in [0.2, 0.25) is 0 Å². The number of aryl methyl sites for hydroxylation is 1. The molecule has 1 aliphatic carbocycles. The van der Waals surface area contributed by atoms with Crippen LogP contribution in [0.25, 0.3) is 0 Å². The number of carbonyl (C=O) groups is 1. The SMILES string of the molecule is CCC1CCCN(c2nc3c(s2)C(=O)CCC3)C1. The minimum Gasteiger partial charge on any atom is -0.348 e. The zero-order valence-corrected chi connectivity index (χ0v) is 11.8. The van der Waals surface area contributed by atoms with Crippen LogP contribution in [-0.2, 0) is 6.42 Å². The predicted octanol–water partition coefficient (Wildman–Crippen LogP) is 3.29. The van der Waals surface area contributed by atoms with Crippen LogP contribution in [0, 0.1) is 5.92 Å². The fourth-order valence-electron chi connectivity index (χ4n) is 2.96. The fourth-order valence-corrected chi connectivity index (χ4v) is 4.08. The van der Waals surface area contributed by atoms with E-state index in [0.717, 1.165) is 47.6 Å². The Morgan fingerprint density at radius 1 is 1.39 bits per heavy atom. The van der Waals surface area contributed by atoms with E-state index in [1.165, 1.54) is 19.3 Å². The second-order valence-electron chi connectivity index (χ2n) is 5.41. The topological polar surface area (TPSA) is 33.2 Å². The van der Waals surface area contributed by atoms with Gasteiger partial charge in [-0.3, -0.25) is 4.79 Å². The number of thiazole rings is 1. The van der Waals surface area contributed by atoms with Crippen molar-refractivity contribution in [1.29, 1.82) is 0 Å². The second kappa shape index (κ2) is 5.00. The van der Waals surface area contributed by atoms with E-state index in [9.17, 15) is 4.79 Å². The van der Waals surface area contributed by atoms with Crippen LogP contribution >= 0.6 is 11.3 Å². The number of fused-ring (bicyclic) bond motifs is 1. The summed E-state index contributed by atoms with van der Waals surface area (Å²) in [7, 11) is 0. The monoisotopic (exact) mass is 264 g/mol. The summed E-state index contributed by atoms with van der Waals surface area (Å²) in [4.78, 5) is 19.9. The van der Waals surface area contributed by atoms with Gasteiger partial charge in [0.25, 0.3) is 0 Å². The van der Waals surface area contributed by atoms with Gasteiger partial charge in [0.05, 0.1) is 10.6 Å². The molecule has 0 saturated carbocycles. The fraction of sp³-hybridized carbons (Fsp3) is 0.714. The number of hydrogen-bond acceptors (Lipinski definition) is 4. The summed E-state index contributed by atoms with van der Waals surface area (Å²) in [5.41, 5.74) is 1.06. The van der Waals surface area contributed by atoms with Crippen LogP contribution in [-0.4, -0.2) is 23.9 Å². The normalized spacial score (nSPS) is 24.2. The highest BCUT2D eigenvalue weighted by Gasteiger charge is 2.26. The quantitative estimate of drug-likeness (QED) is 0.822. The summed E-state index contributed by atoms with van der Waals surface area (Å²) in [6, 6.07) is 0. The van der Waals surface area contributed by atoms with E-state index in [0.29, 0.717) is 12.2 Å². The summed E-state index contributed by atoms with van der Waals surface area (Å²) < 4.78 is 0. The lowest BCUT2D eigenvalue weighted by Crippen LogP contribution is -2.35. The van der Waals surface area contributed by atoms with Crippen LogP contribution in [0.1, 0.15) is 54.4 Å². The van der Waals surface area contributed by atoms with Gasteiger partial charge in [-0.15, -0.1) is 0 Å². The molecule has 2 heterocycles. The van der Waals surface area contributed by atoms with Crippen molar-refractivity contribution in [2.75, 3.05) is 18.0 Å². The Balaban J connectivity index is 1.82. The van der Waals surface area contributed by atoms with Gasteiger partial charge in [0.15, 0.2) is 10.9 Å². The second-order valence-corrected chi connectivity index (χ2v) is 6.39. The molecule has 18 heavy (non-hydrogen) atoms. The Labute approximate surface area is 112 Å². The third kappa shape index (κ3) is 2.18. The molecular formula is C14H20N2OS. The first-order valence-electron chi connectivity index (χ1n) is 7.05. The maximum Gasteiger partial charge on any atom is 0.186 e. The molecule has 1 aromatic rings. The molecule has 3 nitrogen and oxygen atoms in total. The third-order valence-electron chi connectivity index (χ3n) is 4.12. The first kappa shape index (κ1) is 12.2. The number of anilines is 1. The van der Waals surface area contributed by atoms with Crippen molar-refractivity contribution in [1.82, 2.24) is 4.98 Å². The lowest BCUT2D eigenvalue weighted by molar-refractivity contribution is 0.0976. The highest BCUT2D eigenvalue weighted by molar-refractivity contribution is 7.17. The van der Waals surface area contributed by atoms with Gasteiger partial charge in [-0.25, -0.2) is 4.98 Å². The highest BCUT2D eigenvalue weighted by atomic mass is 32.1. The molecule has 1 saturated heterocycles. The Bertz CT molecular complexity index is 455. The molecule has 98 valence electrons. The van der Waals surface area contributed by atoms with Gasteiger partial charge >= 0.3 is 0 Å². The van der Waals surface area contributed by atoms with E-state index < -0.39 is 0 Å². The van der Waals surface area contributed by atoms with E-state index in [2.05, 4.69) is 11.8 Å². The molecule has 3 rings (SSSR count). The molecule has 0 spiro atoms.